The maximum Gasteiger partial charge on any atom is 0.264 e. The van der Waals surface area contributed by atoms with Crippen molar-refractivity contribution in [1.82, 2.24) is 5.32 Å². The van der Waals surface area contributed by atoms with E-state index in [0.29, 0.717) is 20.8 Å². The first-order valence-corrected chi connectivity index (χ1v) is 7.64. The Morgan fingerprint density at radius 3 is 2.68 bits per heavy atom. The van der Waals surface area contributed by atoms with E-state index in [4.69, 9.17) is 11.6 Å². The van der Waals surface area contributed by atoms with Crippen LogP contribution < -0.4 is 5.32 Å². The number of nitrogens with one attached hydrogen (secondary N) is 1. The standard InChI is InChI=1S/C16H11ClN2O2S/c17-11-3-1-2-10(8-11)9-14-15(21)19-16(22-14)18-12-4-6-13(20)7-5-12/h1-9,20H,(H,18,19,21)/b14-9-. The smallest absolute Gasteiger partial charge is 0.264 e. The van der Waals surface area contributed by atoms with Gasteiger partial charge in [-0.15, -0.1) is 0 Å². The van der Waals surface area contributed by atoms with Crippen molar-refractivity contribution in [3.63, 3.8) is 0 Å². The summed E-state index contributed by atoms with van der Waals surface area (Å²) in [4.78, 5) is 16.8. The van der Waals surface area contributed by atoms with Gasteiger partial charge in [0.05, 0.1) is 10.6 Å². The second kappa shape index (κ2) is 6.25. The number of hydrogen-bond donors (Lipinski definition) is 2. The van der Waals surface area contributed by atoms with Crippen LogP contribution in [-0.2, 0) is 4.79 Å². The van der Waals surface area contributed by atoms with Gasteiger partial charge < -0.3 is 10.4 Å². The van der Waals surface area contributed by atoms with Crippen molar-refractivity contribution in [2.24, 2.45) is 4.99 Å². The van der Waals surface area contributed by atoms with Crippen LogP contribution in [0.25, 0.3) is 6.08 Å². The van der Waals surface area contributed by atoms with Gasteiger partial charge in [0, 0.05) is 5.02 Å². The van der Waals surface area contributed by atoms with Crippen LogP contribution in [0.1, 0.15) is 5.56 Å². The zero-order valence-corrected chi connectivity index (χ0v) is 12.9. The van der Waals surface area contributed by atoms with Gasteiger partial charge in [-0.3, -0.25) is 4.79 Å². The Bertz CT molecular complexity index is 785. The molecule has 2 aromatic carbocycles. The van der Waals surface area contributed by atoms with Crippen LogP contribution in [0.4, 0.5) is 5.69 Å². The van der Waals surface area contributed by atoms with Crippen LogP contribution in [0.15, 0.2) is 58.4 Å². The molecular formula is C16H11ClN2O2S. The Kier molecular flexibility index (Phi) is 4.18. The van der Waals surface area contributed by atoms with E-state index in [1.807, 2.05) is 12.1 Å². The van der Waals surface area contributed by atoms with Crippen LogP contribution in [-0.4, -0.2) is 16.2 Å². The highest BCUT2D eigenvalue weighted by molar-refractivity contribution is 8.18. The second-order valence-electron chi connectivity index (χ2n) is 4.55. The molecule has 0 bridgehead atoms. The van der Waals surface area contributed by atoms with E-state index >= 15 is 0 Å². The van der Waals surface area contributed by atoms with Crippen molar-refractivity contribution in [1.29, 1.82) is 0 Å². The van der Waals surface area contributed by atoms with Gasteiger partial charge in [0.1, 0.15) is 5.75 Å². The van der Waals surface area contributed by atoms with Gasteiger partial charge in [0.15, 0.2) is 5.17 Å². The molecule has 1 aliphatic rings. The molecule has 2 N–H and O–H groups in total. The van der Waals surface area contributed by atoms with E-state index < -0.39 is 0 Å². The fourth-order valence-electron chi connectivity index (χ4n) is 1.87. The fraction of sp³-hybridized carbons (Fsp3) is 0. The molecule has 22 heavy (non-hydrogen) atoms. The number of aliphatic imine (C=N–C) groups is 1. The summed E-state index contributed by atoms with van der Waals surface area (Å²) in [6, 6.07) is 13.7. The van der Waals surface area contributed by atoms with Crippen LogP contribution in [0, 0.1) is 0 Å². The first-order chi connectivity index (χ1) is 10.6. The van der Waals surface area contributed by atoms with Crippen molar-refractivity contribution >= 4 is 46.2 Å². The Hall–Kier alpha value is -2.24. The van der Waals surface area contributed by atoms with Crippen molar-refractivity contribution in [2.75, 3.05) is 0 Å². The summed E-state index contributed by atoms with van der Waals surface area (Å²) in [7, 11) is 0. The number of carbonyl (C=O) groups is 1. The SMILES string of the molecule is O=C1NC(=Nc2ccc(O)cc2)S/C1=C\c1cccc(Cl)c1. The minimum Gasteiger partial charge on any atom is -0.508 e. The summed E-state index contributed by atoms with van der Waals surface area (Å²) in [6.45, 7) is 0. The lowest BCUT2D eigenvalue weighted by atomic mass is 10.2. The molecule has 110 valence electrons. The molecule has 1 amide bonds. The minimum absolute atomic E-state index is 0.175. The number of benzene rings is 2. The van der Waals surface area contributed by atoms with Gasteiger partial charge >= 0.3 is 0 Å². The largest absolute Gasteiger partial charge is 0.508 e. The zero-order valence-electron chi connectivity index (χ0n) is 11.3. The molecular weight excluding hydrogens is 320 g/mol. The summed E-state index contributed by atoms with van der Waals surface area (Å²) in [5.41, 5.74) is 1.51. The lowest BCUT2D eigenvalue weighted by Crippen LogP contribution is -2.19. The number of hydrogen-bond acceptors (Lipinski definition) is 4. The average molecular weight is 331 g/mol. The first-order valence-electron chi connectivity index (χ1n) is 6.44. The number of thioether (sulfide) groups is 1. The first kappa shape index (κ1) is 14.7. The third kappa shape index (κ3) is 3.50. The Balaban J connectivity index is 1.82. The molecule has 0 saturated carbocycles. The van der Waals surface area contributed by atoms with E-state index in [2.05, 4.69) is 10.3 Å². The number of phenolic OH excluding ortho intramolecular Hbond substituents is 1. The van der Waals surface area contributed by atoms with E-state index in [1.165, 1.54) is 11.8 Å². The van der Waals surface area contributed by atoms with E-state index in [0.717, 1.165) is 5.56 Å². The molecule has 0 spiro atoms. The highest BCUT2D eigenvalue weighted by Crippen LogP contribution is 2.28. The Labute approximate surface area is 136 Å². The van der Waals surface area contributed by atoms with Gasteiger partial charge in [0.25, 0.3) is 5.91 Å². The van der Waals surface area contributed by atoms with Crippen LogP contribution in [0.2, 0.25) is 5.02 Å². The molecule has 0 atom stereocenters. The van der Waals surface area contributed by atoms with Crippen molar-refractivity contribution in [3.05, 3.63) is 64.0 Å². The van der Waals surface area contributed by atoms with Gasteiger partial charge in [-0.25, -0.2) is 4.99 Å². The number of amidine groups is 1. The third-order valence-electron chi connectivity index (χ3n) is 2.88. The molecule has 1 aliphatic heterocycles. The average Bonchev–Trinajstić information content (AvgIpc) is 2.81. The molecule has 0 aromatic heterocycles. The van der Waals surface area contributed by atoms with E-state index in [1.54, 1.807) is 42.5 Å². The molecule has 0 unspecified atom stereocenters. The number of halogens is 1. The number of amides is 1. The quantitative estimate of drug-likeness (QED) is 0.820. The lowest BCUT2D eigenvalue weighted by Gasteiger charge is -1.96. The second-order valence-corrected chi connectivity index (χ2v) is 6.02. The number of rotatable bonds is 2. The molecule has 2 aromatic rings. The predicted molar refractivity (Wildman–Crippen MR) is 90.4 cm³/mol. The van der Waals surface area contributed by atoms with E-state index in [9.17, 15) is 9.90 Å². The molecule has 0 aliphatic carbocycles. The lowest BCUT2D eigenvalue weighted by molar-refractivity contribution is -0.115. The highest BCUT2D eigenvalue weighted by Gasteiger charge is 2.23. The topological polar surface area (TPSA) is 61.7 Å². The molecule has 4 nitrogen and oxygen atoms in total. The zero-order chi connectivity index (χ0) is 15.5. The summed E-state index contributed by atoms with van der Waals surface area (Å²) < 4.78 is 0. The number of aromatic hydroxyl groups is 1. The summed E-state index contributed by atoms with van der Waals surface area (Å²) >= 11 is 7.20. The molecule has 0 radical (unpaired) electrons. The monoisotopic (exact) mass is 330 g/mol. The van der Waals surface area contributed by atoms with Crippen LogP contribution >= 0.6 is 23.4 Å². The molecule has 6 heteroatoms. The number of phenols is 1. The molecule has 3 rings (SSSR count). The van der Waals surface area contributed by atoms with Gasteiger partial charge in [-0.2, -0.15) is 0 Å². The van der Waals surface area contributed by atoms with Crippen molar-refractivity contribution in [3.8, 4) is 5.75 Å². The molecule has 1 fully saturated rings. The van der Waals surface area contributed by atoms with Crippen molar-refractivity contribution < 1.29 is 9.90 Å². The van der Waals surface area contributed by atoms with Crippen LogP contribution in [0.5, 0.6) is 5.75 Å². The molecule has 1 heterocycles. The number of nitrogens with zero attached hydrogens (tertiary/aromatic N) is 1. The van der Waals surface area contributed by atoms with Gasteiger partial charge in [-0.05, 0) is 59.8 Å². The number of carbonyl (C=O) groups excluding carboxylic acids is 1. The maximum atomic E-state index is 12.0. The fourth-order valence-corrected chi connectivity index (χ4v) is 2.91. The highest BCUT2D eigenvalue weighted by atomic mass is 35.5. The Morgan fingerprint density at radius 2 is 1.95 bits per heavy atom. The van der Waals surface area contributed by atoms with Gasteiger partial charge in [0.2, 0.25) is 0 Å². The predicted octanol–water partition coefficient (Wildman–Crippen LogP) is 3.94. The van der Waals surface area contributed by atoms with Gasteiger partial charge in [-0.1, -0.05) is 23.7 Å². The minimum atomic E-state index is -0.192. The van der Waals surface area contributed by atoms with E-state index in [-0.39, 0.29) is 11.7 Å². The summed E-state index contributed by atoms with van der Waals surface area (Å²) in [5.74, 6) is -0.0175. The maximum absolute atomic E-state index is 12.0. The summed E-state index contributed by atoms with van der Waals surface area (Å²) in [6.07, 6.45) is 1.77. The van der Waals surface area contributed by atoms with Crippen molar-refractivity contribution in [2.45, 2.75) is 0 Å². The van der Waals surface area contributed by atoms with Crippen LogP contribution in [0.3, 0.4) is 0 Å². The molecule has 1 saturated heterocycles. The normalized spacial score (nSPS) is 18.0. The Morgan fingerprint density at radius 1 is 1.18 bits per heavy atom. The third-order valence-corrected chi connectivity index (χ3v) is 4.02. The summed E-state index contributed by atoms with van der Waals surface area (Å²) in [5, 5.41) is 13.1.